The first kappa shape index (κ1) is 14.8. The van der Waals surface area contributed by atoms with Crippen molar-refractivity contribution in [3.05, 3.63) is 48.0 Å². The van der Waals surface area contributed by atoms with Gasteiger partial charge >= 0.3 is 0 Å². The number of imidazole rings is 1. The van der Waals surface area contributed by atoms with Crippen molar-refractivity contribution >= 4 is 5.91 Å². The first-order chi connectivity index (χ1) is 10.6. The Morgan fingerprint density at radius 3 is 2.68 bits per heavy atom. The smallest absolute Gasteiger partial charge is 0.234 e. The molecule has 2 N–H and O–H groups in total. The van der Waals surface area contributed by atoms with Crippen molar-refractivity contribution in [2.45, 2.75) is 38.8 Å². The lowest BCUT2D eigenvalue weighted by atomic mass is 10.1. The van der Waals surface area contributed by atoms with Gasteiger partial charge < -0.3 is 10.3 Å². The van der Waals surface area contributed by atoms with Gasteiger partial charge in [-0.15, -0.1) is 0 Å². The highest BCUT2D eigenvalue weighted by molar-refractivity contribution is 5.80. The van der Waals surface area contributed by atoms with Gasteiger partial charge in [-0.3, -0.25) is 9.69 Å². The number of likely N-dealkylation sites (tertiary alicyclic amines) is 1. The van der Waals surface area contributed by atoms with Gasteiger partial charge in [-0.25, -0.2) is 4.98 Å². The van der Waals surface area contributed by atoms with Gasteiger partial charge in [0.1, 0.15) is 5.82 Å². The molecule has 1 unspecified atom stereocenters. The molecule has 1 fully saturated rings. The third-order valence-electron chi connectivity index (χ3n) is 4.60. The summed E-state index contributed by atoms with van der Waals surface area (Å²) in [6, 6.07) is 8.49. The SMILES string of the molecule is Cc1nccn1-c1ccc([C@H](C)N2CCCC2C(N)=O)cc1. The van der Waals surface area contributed by atoms with Crippen molar-refractivity contribution < 1.29 is 4.79 Å². The minimum atomic E-state index is -0.213. The predicted octanol–water partition coefficient (Wildman–Crippen LogP) is 2.19. The molecular formula is C17H22N4O. The lowest BCUT2D eigenvalue weighted by Gasteiger charge is -2.29. The van der Waals surface area contributed by atoms with E-state index in [2.05, 4.69) is 45.6 Å². The molecule has 0 bridgehead atoms. The molecule has 116 valence electrons. The van der Waals surface area contributed by atoms with E-state index in [0.29, 0.717) is 0 Å². The Balaban J connectivity index is 1.81. The fourth-order valence-electron chi connectivity index (χ4n) is 3.31. The van der Waals surface area contributed by atoms with Crippen LogP contribution < -0.4 is 5.73 Å². The molecule has 2 heterocycles. The topological polar surface area (TPSA) is 64.2 Å². The summed E-state index contributed by atoms with van der Waals surface area (Å²) in [5.41, 5.74) is 7.82. The first-order valence-corrected chi connectivity index (χ1v) is 7.73. The van der Waals surface area contributed by atoms with E-state index >= 15 is 0 Å². The summed E-state index contributed by atoms with van der Waals surface area (Å²) < 4.78 is 2.05. The maximum atomic E-state index is 11.6. The highest BCUT2D eigenvalue weighted by Gasteiger charge is 2.32. The number of rotatable bonds is 4. The molecule has 1 aromatic heterocycles. The molecule has 1 aliphatic rings. The van der Waals surface area contributed by atoms with Crippen LogP contribution in [0.15, 0.2) is 36.7 Å². The molecule has 5 nitrogen and oxygen atoms in total. The molecule has 1 saturated heterocycles. The molecule has 0 spiro atoms. The van der Waals surface area contributed by atoms with Crippen molar-refractivity contribution in [2.75, 3.05) is 6.54 Å². The number of benzene rings is 1. The van der Waals surface area contributed by atoms with E-state index in [9.17, 15) is 4.79 Å². The van der Waals surface area contributed by atoms with Gasteiger partial charge in [0.25, 0.3) is 0 Å². The third-order valence-corrected chi connectivity index (χ3v) is 4.60. The van der Waals surface area contributed by atoms with E-state index in [1.807, 2.05) is 13.1 Å². The maximum Gasteiger partial charge on any atom is 0.234 e. The number of aryl methyl sites for hydroxylation is 1. The molecule has 3 rings (SSSR count). The van der Waals surface area contributed by atoms with Crippen LogP contribution in [-0.4, -0.2) is 32.9 Å². The summed E-state index contributed by atoms with van der Waals surface area (Å²) in [6.45, 7) is 5.05. The molecule has 1 amide bonds. The molecule has 1 aliphatic heterocycles. The maximum absolute atomic E-state index is 11.6. The lowest BCUT2D eigenvalue weighted by molar-refractivity contribution is -0.122. The van der Waals surface area contributed by atoms with Crippen LogP contribution in [-0.2, 0) is 4.79 Å². The van der Waals surface area contributed by atoms with Crippen molar-refractivity contribution in [3.8, 4) is 5.69 Å². The Hall–Kier alpha value is -2.14. The van der Waals surface area contributed by atoms with Gasteiger partial charge in [-0.2, -0.15) is 0 Å². The van der Waals surface area contributed by atoms with Crippen LogP contribution in [0.1, 0.15) is 37.2 Å². The number of amides is 1. The fraction of sp³-hybridized carbons (Fsp3) is 0.412. The Morgan fingerprint density at radius 2 is 2.09 bits per heavy atom. The Bertz CT molecular complexity index is 662. The van der Waals surface area contributed by atoms with Crippen LogP contribution in [0, 0.1) is 6.92 Å². The monoisotopic (exact) mass is 298 g/mol. The van der Waals surface area contributed by atoms with Gasteiger partial charge in [-0.05, 0) is 50.9 Å². The lowest BCUT2D eigenvalue weighted by Crippen LogP contribution is -2.41. The fourth-order valence-corrected chi connectivity index (χ4v) is 3.31. The van der Waals surface area contributed by atoms with Crippen molar-refractivity contribution in [3.63, 3.8) is 0 Å². The number of nitrogens with zero attached hydrogens (tertiary/aromatic N) is 3. The molecule has 0 aliphatic carbocycles. The molecule has 1 aromatic carbocycles. The Kier molecular flexibility index (Phi) is 3.98. The van der Waals surface area contributed by atoms with Crippen LogP contribution in [0.5, 0.6) is 0 Å². The minimum Gasteiger partial charge on any atom is -0.368 e. The largest absolute Gasteiger partial charge is 0.368 e. The number of hydrogen-bond donors (Lipinski definition) is 1. The van der Waals surface area contributed by atoms with Crippen LogP contribution in [0.2, 0.25) is 0 Å². The molecular weight excluding hydrogens is 276 g/mol. The van der Waals surface area contributed by atoms with E-state index in [-0.39, 0.29) is 18.0 Å². The van der Waals surface area contributed by atoms with Crippen molar-refractivity contribution in [1.29, 1.82) is 0 Å². The molecule has 5 heteroatoms. The predicted molar refractivity (Wildman–Crippen MR) is 85.6 cm³/mol. The zero-order valence-corrected chi connectivity index (χ0v) is 13.1. The van der Waals surface area contributed by atoms with Gasteiger partial charge in [0, 0.05) is 24.1 Å². The van der Waals surface area contributed by atoms with E-state index in [0.717, 1.165) is 30.9 Å². The quantitative estimate of drug-likeness (QED) is 0.941. The second-order valence-electron chi connectivity index (χ2n) is 5.91. The number of primary amides is 1. The van der Waals surface area contributed by atoms with Crippen LogP contribution >= 0.6 is 0 Å². The summed E-state index contributed by atoms with van der Waals surface area (Å²) in [6.07, 6.45) is 5.65. The van der Waals surface area contributed by atoms with Gasteiger partial charge in [0.15, 0.2) is 0 Å². The minimum absolute atomic E-state index is 0.134. The van der Waals surface area contributed by atoms with Crippen LogP contribution in [0.25, 0.3) is 5.69 Å². The van der Waals surface area contributed by atoms with E-state index in [1.165, 1.54) is 5.56 Å². The van der Waals surface area contributed by atoms with E-state index in [4.69, 9.17) is 5.73 Å². The number of aromatic nitrogens is 2. The number of hydrogen-bond acceptors (Lipinski definition) is 3. The van der Waals surface area contributed by atoms with Gasteiger partial charge in [0.05, 0.1) is 6.04 Å². The number of nitrogens with two attached hydrogens (primary N) is 1. The second kappa shape index (κ2) is 5.93. The van der Waals surface area contributed by atoms with E-state index in [1.54, 1.807) is 6.20 Å². The Labute approximate surface area is 130 Å². The first-order valence-electron chi connectivity index (χ1n) is 7.73. The Morgan fingerprint density at radius 1 is 1.36 bits per heavy atom. The zero-order chi connectivity index (χ0) is 15.7. The molecule has 2 aromatic rings. The van der Waals surface area contributed by atoms with Crippen LogP contribution in [0.4, 0.5) is 0 Å². The molecule has 0 radical (unpaired) electrons. The summed E-state index contributed by atoms with van der Waals surface area (Å²) in [7, 11) is 0. The van der Waals surface area contributed by atoms with Crippen molar-refractivity contribution in [1.82, 2.24) is 14.5 Å². The second-order valence-corrected chi connectivity index (χ2v) is 5.91. The third kappa shape index (κ3) is 2.64. The number of carbonyl (C=O) groups is 1. The van der Waals surface area contributed by atoms with Crippen molar-refractivity contribution in [2.24, 2.45) is 5.73 Å². The number of carbonyl (C=O) groups excluding carboxylic acids is 1. The standard InChI is InChI=1S/C17H22N4O/c1-12(20-10-3-4-16(20)17(18)22)14-5-7-15(8-6-14)21-11-9-19-13(21)2/h5-9,11-12,16H,3-4,10H2,1-2H3,(H2,18,22)/t12-,16?/m0/s1. The highest BCUT2D eigenvalue weighted by Crippen LogP contribution is 2.29. The highest BCUT2D eigenvalue weighted by atomic mass is 16.1. The van der Waals surface area contributed by atoms with Gasteiger partial charge in [0.2, 0.25) is 5.91 Å². The van der Waals surface area contributed by atoms with Crippen LogP contribution in [0.3, 0.4) is 0 Å². The molecule has 22 heavy (non-hydrogen) atoms. The summed E-state index contributed by atoms with van der Waals surface area (Å²) in [4.78, 5) is 18.0. The molecule has 0 saturated carbocycles. The normalized spacial score (nSPS) is 20.2. The zero-order valence-electron chi connectivity index (χ0n) is 13.1. The average Bonchev–Trinajstić information content (AvgIpc) is 3.15. The van der Waals surface area contributed by atoms with Gasteiger partial charge in [-0.1, -0.05) is 12.1 Å². The summed E-state index contributed by atoms with van der Waals surface area (Å²) in [5, 5.41) is 0. The summed E-state index contributed by atoms with van der Waals surface area (Å²) in [5.74, 6) is 0.754. The summed E-state index contributed by atoms with van der Waals surface area (Å²) >= 11 is 0. The van der Waals surface area contributed by atoms with E-state index < -0.39 is 0 Å². The molecule has 2 atom stereocenters. The average molecular weight is 298 g/mol.